The van der Waals surface area contributed by atoms with Crippen LogP contribution in [0.4, 0.5) is 4.39 Å². The van der Waals surface area contributed by atoms with Gasteiger partial charge in [0.05, 0.1) is 4.90 Å². The second-order valence-corrected chi connectivity index (χ2v) is 6.81. The number of esters is 1. The summed E-state index contributed by atoms with van der Waals surface area (Å²) in [6.45, 7) is 1.56. The number of carbonyl (C=O) groups is 1. The highest BCUT2D eigenvalue weighted by molar-refractivity contribution is 7.89. The Kier molecular flexibility index (Phi) is 6.53. The smallest absolute Gasteiger partial charge is 0.347 e. The Morgan fingerprint density at radius 3 is 2.19 bits per heavy atom. The Labute approximate surface area is 150 Å². The van der Waals surface area contributed by atoms with Gasteiger partial charge in [-0.25, -0.2) is 22.7 Å². The van der Waals surface area contributed by atoms with Crippen LogP contribution in [0.3, 0.4) is 0 Å². The second-order valence-electron chi connectivity index (χ2n) is 5.25. The van der Waals surface area contributed by atoms with E-state index in [-0.39, 0.29) is 18.1 Å². The number of sulfonamides is 1. The van der Waals surface area contributed by atoms with Crippen LogP contribution in [0.15, 0.2) is 53.4 Å². The first-order valence-electron chi connectivity index (χ1n) is 7.60. The number of hydrogen-bond donors (Lipinski definition) is 1. The maximum Gasteiger partial charge on any atom is 0.347 e. The summed E-state index contributed by atoms with van der Waals surface area (Å²) < 4.78 is 50.8. The minimum atomic E-state index is -3.75. The summed E-state index contributed by atoms with van der Waals surface area (Å²) in [6.07, 6.45) is -0.866. The summed E-state index contributed by atoms with van der Waals surface area (Å²) in [5, 5.41) is 5.00. The van der Waals surface area contributed by atoms with Crippen molar-refractivity contribution in [1.29, 1.82) is 0 Å². The van der Waals surface area contributed by atoms with E-state index in [0.29, 0.717) is 11.5 Å². The van der Waals surface area contributed by atoms with Crippen LogP contribution in [0.5, 0.6) is 11.5 Å². The van der Waals surface area contributed by atoms with Crippen molar-refractivity contribution in [3.8, 4) is 11.5 Å². The van der Waals surface area contributed by atoms with Crippen LogP contribution in [-0.2, 0) is 19.6 Å². The van der Waals surface area contributed by atoms with Crippen molar-refractivity contribution in [1.82, 2.24) is 0 Å². The third-order valence-corrected chi connectivity index (χ3v) is 4.14. The summed E-state index contributed by atoms with van der Waals surface area (Å²) in [4.78, 5) is 11.8. The van der Waals surface area contributed by atoms with Gasteiger partial charge in [-0.15, -0.1) is 0 Å². The van der Waals surface area contributed by atoms with Crippen LogP contribution in [0.25, 0.3) is 0 Å². The molecule has 1 atom stereocenters. The fraction of sp³-hybridized carbons (Fsp3) is 0.235. The highest BCUT2D eigenvalue weighted by Crippen LogP contribution is 2.15. The molecule has 0 heterocycles. The standard InChI is InChI=1S/C17H18FNO6S/c1-12(25-15-4-2-13(18)3-5-15)17(20)24-11-10-23-14-6-8-16(9-7-14)26(19,21)22/h2-9,12H,10-11H2,1H3,(H2,19,21,22)/t12-/m1/s1. The zero-order valence-corrected chi connectivity index (χ0v) is 14.7. The molecule has 0 fully saturated rings. The minimum absolute atomic E-state index is 0.0209. The molecule has 0 aromatic heterocycles. The van der Waals surface area contributed by atoms with Crippen LogP contribution in [-0.4, -0.2) is 33.7 Å². The van der Waals surface area contributed by atoms with Crippen molar-refractivity contribution in [2.45, 2.75) is 17.9 Å². The molecule has 0 aliphatic rings. The van der Waals surface area contributed by atoms with E-state index < -0.39 is 27.9 Å². The van der Waals surface area contributed by atoms with E-state index in [1.165, 1.54) is 55.5 Å². The van der Waals surface area contributed by atoms with Crippen molar-refractivity contribution >= 4 is 16.0 Å². The summed E-state index contributed by atoms with van der Waals surface area (Å²) in [5.74, 6) is -0.240. The van der Waals surface area contributed by atoms with Crippen molar-refractivity contribution < 1.29 is 31.8 Å². The zero-order chi connectivity index (χ0) is 19.2. The lowest BCUT2D eigenvalue weighted by Crippen LogP contribution is -2.27. The van der Waals surface area contributed by atoms with Crippen molar-refractivity contribution in [2.24, 2.45) is 5.14 Å². The molecule has 0 radical (unpaired) electrons. The minimum Gasteiger partial charge on any atom is -0.490 e. The van der Waals surface area contributed by atoms with Gasteiger partial charge in [0.1, 0.15) is 30.5 Å². The van der Waals surface area contributed by atoms with Gasteiger partial charge in [-0.1, -0.05) is 0 Å². The number of halogens is 1. The van der Waals surface area contributed by atoms with E-state index in [1.807, 2.05) is 0 Å². The van der Waals surface area contributed by atoms with Crippen LogP contribution in [0.1, 0.15) is 6.92 Å². The molecule has 2 N–H and O–H groups in total. The van der Waals surface area contributed by atoms with Gasteiger partial charge in [0.25, 0.3) is 0 Å². The van der Waals surface area contributed by atoms with Gasteiger partial charge in [0, 0.05) is 0 Å². The van der Waals surface area contributed by atoms with E-state index in [9.17, 15) is 17.6 Å². The molecule has 0 amide bonds. The maximum atomic E-state index is 12.8. The van der Waals surface area contributed by atoms with Gasteiger partial charge in [0.15, 0.2) is 6.10 Å². The van der Waals surface area contributed by atoms with Crippen LogP contribution in [0, 0.1) is 5.82 Å². The quantitative estimate of drug-likeness (QED) is 0.551. The molecule has 0 bridgehead atoms. The van der Waals surface area contributed by atoms with Gasteiger partial charge in [-0.05, 0) is 55.5 Å². The largest absolute Gasteiger partial charge is 0.490 e. The molecule has 0 unspecified atom stereocenters. The lowest BCUT2D eigenvalue weighted by Gasteiger charge is -2.14. The molecule has 2 rings (SSSR count). The molecule has 0 spiro atoms. The first-order valence-corrected chi connectivity index (χ1v) is 9.15. The molecule has 26 heavy (non-hydrogen) atoms. The summed E-state index contributed by atoms with van der Waals surface area (Å²) >= 11 is 0. The van der Waals surface area contributed by atoms with Crippen LogP contribution in [0.2, 0.25) is 0 Å². The van der Waals surface area contributed by atoms with Gasteiger partial charge < -0.3 is 14.2 Å². The molecule has 140 valence electrons. The van der Waals surface area contributed by atoms with Gasteiger partial charge in [-0.2, -0.15) is 0 Å². The second kappa shape index (κ2) is 8.63. The monoisotopic (exact) mass is 383 g/mol. The predicted molar refractivity (Wildman–Crippen MR) is 90.8 cm³/mol. The van der Waals surface area contributed by atoms with Crippen molar-refractivity contribution in [3.63, 3.8) is 0 Å². The highest BCUT2D eigenvalue weighted by Gasteiger charge is 2.16. The summed E-state index contributed by atoms with van der Waals surface area (Å²) in [6, 6.07) is 10.8. The fourth-order valence-corrected chi connectivity index (χ4v) is 2.43. The molecule has 0 aliphatic heterocycles. The number of hydrogen-bond acceptors (Lipinski definition) is 6. The van der Waals surface area contributed by atoms with E-state index in [1.54, 1.807) is 0 Å². The van der Waals surface area contributed by atoms with E-state index in [4.69, 9.17) is 19.3 Å². The number of carbonyl (C=O) groups excluding carboxylic acids is 1. The Morgan fingerprint density at radius 2 is 1.62 bits per heavy atom. The van der Waals surface area contributed by atoms with E-state index in [0.717, 1.165) is 0 Å². The lowest BCUT2D eigenvalue weighted by molar-refractivity contribution is -0.151. The first-order chi connectivity index (χ1) is 12.3. The number of ether oxygens (including phenoxy) is 3. The number of primary sulfonamides is 1. The molecule has 9 heteroatoms. The molecular formula is C17H18FNO6S. The average molecular weight is 383 g/mol. The lowest BCUT2D eigenvalue weighted by atomic mass is 10.3. The maximum absolute atomic E-state index is 12.8. The Balaban J connectivity index is 1.73. The molecule has 0 aliphatic carbocycles. The van der Waals surface area contributed by atoms with Crippen LogP contribution < -0.4 is 14.6 Å². The average Bonchev–Trinajstić information content (AvgIpc) is 2.60. The van der Waals surface area contributed by atoms with Gasteiger partial charge in [-0.3, -0.25) is 0 Å². The number of nitrogens with two attached hydrogens (primary N) is 1. The summed E-state index contributed by atoms with van der Waals surface area (Å²) in [5.41, 5.74) is 0. The normalized spacial score (nSPS) is 12.3. The molecular weight excluding hydrogens is 365 g/mol. The first kappa shape index (κ1) is 19.7. The number of rotatable bonds is 8. The third kappa shape index (κ3) is 6.01. The Hall–Kier alpha value is -2.65. The topological polar surface area (TPSA) is 105 Å². The third-order valence-electron chi connectivity index (χ3n) is 3.21. The van der Waals surface area contributed by atoms with Crippen molar-refractivity contribution in [3.05, 3.63) is 54.3 Å². The SMILES string of the molecule is C[C@@H](Oc1ccc(F)cc1)C(=O)OCCOc1ccc(S(N)(=O)=O)cc1. The van der Waals surface area contributed by atoms with Crippen LogP contribution >= 0.6 is 0 Å². The molecule has 2 aromatic rings. The van der Waals surface area contributed by atoms with Gasteiger partial charge >= 0.3 is 5.97 Å². The Morgan fingerprint density at radius 1 is 1.04 bits per heavy atom. The molecule has 0 saturated carbocycles. The van der Waals surface area contributed by atoms with E-state index in [2.05, 4.69) is 0 Å². The zero-order valence-electron chi connectivity index (χ0n) is 13.9. The van der Waals surface area contributed by atoms with Crippen molar-refractivity contribution in [2.75, 3.05) is 13.2 Å². The highest BCUT2D eigenvalue weighted by atomic mass is 32.2. The molecule has 7 nitrogen and oxygen atoms in total. The van der Waals surface area contributed by atoms with E-state index >= 15 is 0 Å². The Bertz CT molecular complexity index is 837. The van der Waals surface area contributed by atoms with Gasteiger partial charge in [0.2, 0.25) is 10.0 Å². The predicted octanol–water partition coefficient (Wildman–Crippen LogP) is 1.86. The number of benzene rings is 2. The molecule has 2 aromatic carbocycles. The fourth-order valence-electron chi connectivity index (χ4n) is 1.91. The molecule has 0 saturated heterocycles. The summed E-state index contributed by atoms with van der Waals surface area (Å²) in [7, 11) is -3.75.